The number of rotatable bonds is 5. The average molecular weight is 215 g/mol. The van der Waals surface area contributed by atoms with Crippen LogP contribution in [-0.4, -0.2) is 11.9 Å². The Labute approximate surface area is 96.7 Å². The van der Waals surface area contributed by atoms with Crippen LogP contribution in [0.5, 0.6) is 0 Å². The summed E-state index contributed by atoms with van der Waals surface area (Å²) in [6.07, 6.45) is 6.53. The molecule has 0 fully saturated rings. The Balaban J connectivity index is 2.63. The van der Waals surface area contributed by atoms with Gasteiger partial charge in [-0.1, -0.05) is 48.6 Å². The first-order valence-electron chi connectivity index (χ1n) is 5.33. The zero-order valence-corrected chi connectivity index (χ0v) is 9.52. The van der Waals surface area contributed by atoms with Crippen molar-refractivity contribution in [2.45, 2.75) is 19.4 Å². The Morgan fingerprint density at radius 3 is 2.69 bits per heavy atom. The summed E-state index contributed by atoms with van der Waals surface area (Å²) in [6.45, 7) is 5.20. The van der Waals surface area contributed by atoms with E-state index < -0.39 is 0 Å². The molecule has 1 amide bonds. The van der Waals surface area contributed by atoms with E-state index in [1.165, 1.54) is 6.92 Å². The highest BCUT2D eigenvalue weighted by molar-refractivity contribution is 5.73. The van der Waals surface area contributed by atoms with Crippen LogP contribution in [0.15, 0.2) is 49.1 Å². The van der Waals surface area contributed by atoms with Gasteiger partial charge in [-0.05, 0) is 12.0 Å². The summed E-state index contributed by atoms with van der Waals surface area (Å²) in [5.74, 6) is -0.0236. The fourth-order valence-corrected chi connectivity index (χ4v) is 1.42. The van der Waals surface area contributed by atoms with Gasteiger partial charge < -0.3 is 5.32 Å². The molecule has 1 atom stereocenters. The molecule has 0 aliphatic heterocycles. The van der Waals surface area contributed by atoms with E-state index in [1.54, 1.807) is 6.08 Å². The summed E-state index contributed by atoms with van der Waals surface area (Å²) in [5, 5.41) is 2.85. The minimum absolute atomic E-state index is 0.0233. The van der Waals surface area contributed by atoms with Gasteiger partial charge in [0.2, 0.25) is 5.91 Å². The second kappa shape index (κ2) is 6.62. The smallest absolute Gasteiger partial charge is 0.217 e. The Morgan fingerprint density at radius 2 is 2.12 bits per heavy atom. The van der Waals surface area contributed by atoms with E-state index in [4.69, 9.17) is 0 Å². The van der Waals surface area contributed by atoms with Crippen LogP contribution >= 0.6 is 0 Å². The minimum atomic E-state index is -0.0236. The lowest BCUT2D eigenvalue weighted by Gasteiger charge is -2.10. The molecule has 2 heteroatoms. The zero-order chi connectivity index (χ0) is 11.8. The molecule has 0 spiro atoms. The number of hydrogen-bond acceptors (Lipinski definition) is 1. The standard InChI is InChI=1S/C14H17NO/c1-3-7-14(15-12(2)16)11-10-13-8-5-4-6-9-13/h3-6,8-11,14H,1,7H2,2H3,(H,15,16)/b11-10+. The first kappa shape index (κ1) is 12.2. The molecule has 16 heavy (non-hydrogen) atoms. The van der Waals surface area contributed by atoms with Crippen molar-refractivity contribution in [1.29, 1.82) is 0 Å². The van der Waals surface area contributed by atoms with Gasteiger partial charge in [0.25, 0.3) is 0 Å². The number of nitrogens with one attached hydrogen (secondary N) is 1. The van der Waals surface area contributed by atoms with E-state index in [-0.39, 0.29) is 11.9 Å². The second-order valence-electron chi connectivity index (χ2n) is 3.60. The zero-order valence-electron chi connectivity index (χ0n) is 9.52. The molecular formula is C14H17NO. The molecule has 84 valence electrons. The van der Waals surface area contributed by atoms with Gasteiger partial charge in [-0.3, -0.25) is 4.79 Å². The summed E-state index contributed by atoms with van der Waals surface area (Å²) < 4.78 is 0. The van der Waals surface area contributed by atoms with Crippen LogP contribution < -0.4 is 5.32 Å². The lowest BCUT2D eigenvalue weighted by molar-refractivity contribution is -0.119. The molecule has 1 aromatic rings. The van der Waals surface area contributed by atoms with Crippen molar-refractivity contribution >= 4 is 12.0 Å². The van der Waals surface area contributed by atoms with Crippen LogP contribution in [0, 0.1) is 0 Å². The van der Waals surface area contributed by atoms with Gasteiger partial charge >= 0.3 is 0 Å². The van der Waals surface area contributed by atoms with Crippen LogP contribution in [0.3, 0.4) is 0 Å². The SMILES string of the molecule is C=CCC(/C=C/c1ccccc1)NC(C)=O. The first-order valence-corrected chi connectivity index (χ1v) is 5.33. The van der Waals surface area contributed by atoms with Gasteiger partial charge in [-0.25, -0.2) is 0 Å². The van der Waals surface area contributed by atoms with Gasteiger partial charge in [-0.15, -0.1) is 6.58 Å². The normalized spacial score (nSPS) is 12.3. The lowest BCUT2D eigenvalue weighted by atomic mass is 10.1. The van der Waals surface area contributed by atoms with Crippen molar-refractivity contribution in [3.8, 4) is 0 Å². The molecular weight excluding hydrogens is 198 g/mol. The molecule has 0 aromatic heterocycles. The van der Waals surface area contributed by atoms with Crippen LogP contribution in [-0.2, 0) is 4.79 Å². The van der Waals surface area contributed by atoms with E-state index in [0.717, 1.165) is 12.0 Å². The molecule has 0 bridgehead atoms. The predicted molar refractivity (Wildman–Crippen MR) is 67.9 cm³/mol. The van der Waals surface area contributed by atoms with E-state index in [2.05, 4.69) is 11.9 Å². The lowest BCUT2D eigenvalue weighted by Crippen LogP contribution is -2.30. The van der Waals surface area contributed by atoms with Gasteiger partial charge in [0.1, 0.15) is 0 Å². The van der Waals surface area contributed by atoms with E-state index in [9.17, 15) is 4.79 Å². The van der Waals surface area contributed by atoms with Crippen LogP contribution in [0.25, 0.3) is 6.08 Å². The molecule has 1 N–H and O–H groups in total. The second-order valence-corrected chi connectivity index (χ2v) is 3.60. The highest BCUT2D eigenvalue weighted by atomic mass is 16.1. The molecule has 1 aromatic carbocycles. The summed E-state index contributed by atoms with van der Waals surface area (Å²) in [5.41, 5.74) is 1.13. The Kier molecular flexibility index (Phi) is 5.06. The third-order valence-corrected chi connectivity index (χ3v) is 2.13. The number of benzene rings is 1. The molecule has 0 saturated heterocycles. The Bertz CT molecular complexity index is 368. The molecule has 0 aliphatic rings. The van der Waals surface area contributed by atoms with Gasteiger partial charge in [-0.2, -0.15) is 0 Å². The van der Waals surface area contributed by atoms with Gasteiger partial charge in [0.15, 0.2) is 0 Å². The van der Waals surface area contributed by atoms with E-state index >= 15 is 0 Å². The molecule has 2 nitrogen and oxygen atoms in total. The average Bonchev–Trinajstić information content (AvgIpc) is 2.27. The maximum absolute atomic E-state index is 11.0. The Morgan fingerprint density at radius 1 is 1.44 bits per heavy atom. The molecule has 1 unspecified atom stereocenters. The van der Waals surface area contributed by atoms with Crippen molar-refractivity contribution in [1.82, 2.24) is 5.32 Å². The van der Waals surface area contributed by atoms with Crippen molar-refractivity contribution in [2.75, 3.05) is 0 Å². The van der Waals surface area contributed by atoms with Crippen LogP contribution in [0.4, 0.5) is 0 Å². The third-order valence-electron chi connectivity index (χ3n) is 2.13. The topological polar surface area (TPSA) is 29.1 Å². The maximum Gasteiger partial charge on any atom is 0.217 e. The quantitative estimate of drug-likeness (QED) is 0.752. The largest absolute Gasteiger partial charge is 0.350 e. The fourth-order valence-electron chi connectivity index (χ4n) is 1.42. The van der Waals surface area contributed by atoms with Gasteiger partial charge in [0, 0.05) is 6.92 Å². The van der Waals surface area contributed by atoms with Crippen LogP contribution in [0.1, 0.15) is 18.9 Å². The van der Waals surface area contributed by atoms with Crippen LogP contribution in [0.2, 0.25) is 0 Å². The van der Waals surface area contributed by atoms with Gasteiger partial charge in [0.05, 0.1) is 6.04 Å². The number of amides is 1. The first-order chi connectivity index (χ1) is 7.72. The van der Waals surface area contributed by atoms with E-state index in [1.807, 2.05) is 42.5 Å². The summed E-state index contributed by atoms with van der Waals surface area (Å²) in [6, 6.07) is 10.0. The van der Waals surface area contributed by atoms with Crippen molar-refractivity contribution in [3.63, 3.8) is 0 Å². The third kappa shape index (κ3) is 4.60. The molecule has 0 aliphatic carbocycles. The molecule has 0 saturated carbocycles. The molecule has 0 heterocycles. The monoisotopic (exact) mass is 215 g/mol. The number of carbonyl (C=O) groups is 1. The number of hydrogen-bond donors (Lipinski definition) is 1. The predicted octanol–water partition coefficient (Wildman–Crippen LogP) is 2.78. The maximum atomic E-state index is 11.0. The molecule has 1 rings (SSSR count). The van der Waals surface area contributed by atoms with E-state index in [0.29, 0.717) is 0 Å². The summed E-state index contributed by atoms with van der Waals surface area (Å²) in [7, 11) is 0. The fraction of sp³-hybridized carbons (Fsp3) is 0.214. The minimum Gasteiger partial charge on any atom is -0.350 e. The van der Waals surface area contributed by atoms with Crippen molar-refractivity contribution < 1.29 is 4.79 Å². The summed E-state index contributed by atoms with van der Waals surface area (Å²) >= 11 is 0. The van der Waals surface area contributed by atoms with Crippen molar-refractivity contribution in [2.24, 2.45) is 0 Å². The highest BCUT2D eigenvalue weighted by Gasteiger charge is 2.02. The summed E-state index contributed by atoms with van der Waals surface area (Å²) in [4.78, 5) is 11.0. The molecule has 0 radical (unpaired) electrons. The Hall–Kier alpha value is -1.83. The highest BCUT2D eigenvalue weighted by Crippen LogP contribution is 2.04. The van der Waals surface area contributed by atoms with Crippen molar-refractivity contribution in [3.05, 3.63) is 54.6 Å². The number of carbonyl (C=O) groups excluding carboxylic acids is 1.